The van der Waals surface area contributed by atoms with E-state index >= 15 is 0 Å². The van der Waals surface area contributed by atoms with Crippen molar-refractivity contribution in [2.24, 2.45) is 0 Å². The summed E-state index contributed by atoms with van der Waals surface area (Å²) in [5.41, 5.74) is 1.03. The third kappa shape index (κ3) is 1.55. The second kappa shape index (κ2) is 3.51. The van der Waals surface area contributed by atoms with E-state index in [1.165, 1.54) is 0 Å². The maximum atomic E-state index is 4.34. The molecule has 2 aromatic rings. The smallest absolute Gasteiger partial charge is 0.152 e. The Hall–Kier alpha value is -1.62. The first-order chi connectivity index (χ1) is 7.43. The predicted molar refractivity (Wildman–Crippen MR) is 57.9 cm³/mol. The van der Waals surface area contributed by atoms with Gasteiger partial charge < -0.3 is 10.6 Å². The molecule has 0 radical (unpaired) electrons. The van der Waals surface area contributed by atoms with Gasteiger partial charge in [-0.2, -0.15) is 5.10 Å². The molecule has 5 nitrogen and oxygen atoms in total. The minimum Gasteiger partial charge on any atom is -0.364 e. The first-order valence-electron chi connectivity index (χ1n) is 5.19. The summed E-state index contributed by atoms with van der Waals surface area (Å²) in [6.07, 6.45) is 6.56. The van der Waals surface area contributed by atoms with Crippen LogP contribution in [0.3, 0.4) is 0 Å². The molecule has 1 unspecified atom stereocenters. The Balaban J connectivity index is 1.92. The molecule has 1 aliphatic rings. The number of anilines is 1. The van der Waals surface area contributed by atoms with Gasteiger partial charge in [-0.05, 0) is 19.0 Å². The molecule has 5 heteroatoms. The number of nitrogens with one attached hydrogen (secondary N) is 2. The molecule has 3 heterocycles. The molecule has 0 aliphatic carbocycles. The van der Waals surface area contributed by atoms with Crippen molar-refractivity contribution in [3.8, 4) is 0 Å². The van der Waals surface area contributed by atoms with Gasteiger partial charge in [-0.3, -0.25) is 0 Å². The Bertz CT molecular complexity index is 458. The van der Waals surface area contributed by atoms with Crippen LogP contribution in [0.5, 0.6) is 0 Å². The zero-order chi connectivity index (χ0) is 10.1. The molecule has 1 saturated heterocycles. The lowest BCUT2D eigenvalue weighted by molar-refractivity contribution is 0.786. The number of hydrogen-bond donors (Lipinski definition) is 2. The zero-order valence-corrected chi connectivity index (χ0v) is 8.35. The highest BCUT2D eigenvalue weighted by Gasteiger charge is 2.15. The fraction of sp³-hybridized carbons (Fsp3) is 0.400. The van der Waals surface area contributed by atoms with Crippen molar-refractivity contribution in [1.82, 2.24) is 19.9 Å². The van der Waals surface area contributed by atoms with Crippen molar-refractivity contribution in [2.75, 3.05) is 18.4 Å². The van der Waals surface area contributed by atoms with Crippen LogP contribution in [0.25, 0.3) is 5.52 Å². The summed E-state index contributed by atoms with van der Waals surface area (Å²) in [4.78, 5) is 4.34. The second-order valence-electron chi connectivity index (χ2n) is 3.77. The van der Waals surface area contributed by atoms with Crippen molar-refractivity contribution in [3.63, 3.8) is 0 Å². The van der Waals surface area contributed by atoms with Gasteiger partial charge >= 0.3 is 0 Å². The van der Waals surface area contributed by atoms with Crippen LogP contribution in [0, 0.1) is 0 Å². The van der Waals surface area contributed by atoms with E-state index < -0.39 is 0 Å². The van der Waals surface area contributed by atoms with Crippen LogP contribution in [0.2, 0.25) is 0 Å². The SMILES string of the molecule is c1cn2nccc2c(NC2CCNC2)n1. The number of aromatic nitrogens is 3. The topological polar surface area (TPSA) is 54.2 Å². The van der Waals surface area contributed by atoms with Gasteiger partial charge in [0.1, 0.15) is 5.52 Å². The van der Waals surface area contributed by atoms with Gasteiger partial charge in [-0.1, -0.05) is 0 Å². The minimum atomic E-state index is 0.485. The Labute approximate surface area is 87.5 Å². The summed E-state index contributed by atoms with van der Waals surface area (Å²) in [6.45, 7) is 2.09. The Morgan fingerprint density at radius 2 is 2.47 bits per heavy atom. The monoisotopic (exact) mass is 203 g/mol. The third-order valence-corrected chi connectivity index (χ3v) is 2.73. The maximum absolute atomic E-state index is 4.34. The maximum Gasteiger partial charge on any atom is 0.152 e. The van der Waals surface area contributed by atoms with E-state index in [9.17, 15) is 0 Å². The molecule has 15 heavy (non-hydrogen) atoms. The average molecular weight is 203 g/mol. The van der Waals surface area contributed by atoms with Gasteiger partial charge in [-0.25, -0.2) is 9.50 Å². The molecular formula is C10H13N5. The Kier molecular flexibility index (Phi) is 2.03. The summed E-state index contributed by atoms with van der Waals surface area (Å²) in [7, 11) is 0. The van der Waals surface area contributed by atoms with Crippen LogP contribution >= 0.6 is 0 Å². The molecule has 2 N–H and O–H groups in total. The molecule has 0 amide bonds. The van der Waals surface area contributed by atoms with Crippen molar-refractivity contribution in [1.29, 1.82) is 0 Å². The van der Waals surface area contributed by atoms with E-state index in [2.05, 4.69) is 20.7 Å². The number of rotatable bonds is 2. The molecule has 0 saturated carbocycles. The minimum absolute atomic E-state index is 0.485. The van der Waals surface area contributed by atoms with Gasteiger partial charge in [0.25, 0.3) is 0 Å². The van der Waals surface area contributed by atoms with Crippen molar-refractivity contribution in [3.05, 3.63) is 24.7 Å². The Morgan fingerprint density at radius 1 is 1.47 bits per heavy atom. The van der Waals surface area contributed by atoms with Gasteiger partial charge in [0.15, 0.2) is 5.82 Å². The molecule has 1 atom stereocenters. The molecule has 0 bridgehead atoms. The molecule has 0 spiro atoms. The lowest BCUT2D eigenvalue weighted by Gasteiger charge is -2.12. The largest absolute Gasteiger partial charge is 0.364 e. The van der Waals surface area contributed by atoms with E-state index in [1.807, 2.05) is 16.8 Å². The van der Waals surface area contributed by atoms with E-state index in [-0.39, 0.29) is 0 Å². The predicted octanol–water partition coefficient (Wildman–Crippen LogP) is 0.503. The van der Waals surface area contributed by atoms with Crippen LogP contribution in [0.1, 0.15) is 6.42 Å². The van der Waals surface area contributed by atoms with Crippen LogP contribution in [-0.2, 0) is 0 Å². The van der Waals surface area contributed by atoms with Crippen molar-refractivity contribution >= 4 is 11.3 Å². The van der Waals surface area contributed by atoms with Gasteiger partial charge in [-0.15, -0.1) is 0 Å². The van der Waals surface area contributed by atoms with Crippen LogP contribution in [-0.4, -0.2) is 33.7 Å². The average Bonchev–Trinajstić information content (AvgIpc) is 2.87. The molecule has 1 aliphatic heterocycles. The molecule has 78 valence electrons. The highest BCUT2D eigenvalue weighted by molar-refractivity contribution is 5.67. The van der Waals surface area contributed by atoms with Crippen molar-refractivity contribution < 1.29 is 0 Å². The first kappa shape index (κ1) is 8.67. The third-order valence-electron chi connectivity index (χ3n) is 2.73. The van der Waals surface area contributed by atoms with E-state index in [4.69, 9.17) is 0 Å². The first-order valence-corrected chi connectivity index (χ1v) is 5.19. The Morgan fingerprint density at radius 3 is 3.33 bits per heavy atom. The van der Waals surface area contributed by atoms with Gasteiger partial charge in [0, 0.05) is 25.0 Å². The lowest BCUT2D eigenvalue weighted by Crippen LogP contribution is -2.23. The van der Waals surface area contributed by atoms with Crippen molar-refractivity contribution in [2.45, 2.75) is 12.5 Å². The van der Waals surface area contributed by atoms with Crippen LogP contribution in [0.15, 0.2) is 24.7 Å². The number of nitrogens with zero attached hydrogens (tertiary/aromatic N) is 3. The summed E-state index contributed by atoms with van der Waals surface area (Å²) in [5.74, 6) is 0.920. The number of hydrogen-bond acceptors (Lipinski definition) is 4. The van der Waals surface area contributed by atoms with Gasteiger partial charge in [0.2, 0.25) is 0 Å². The molecule has 1 fully saturated rings. The summed E-state index contributed by atoms with van der Waals surface area (Å²) in [5, 5.41) is 10.9. The lowest BCUT2D eigenvalue weighted by atomic mass is 10.2. The highest BCUT2D eigenvalue weighted by atomic mass is 15.2. The molecular weight excluding hydrogens is 190 g/mol. The zero-order valence-electron chi connectivity index (χ0n) is 8.35. The van der Waals surface area contributed by atoms with Crippen LogP contribution < -0.4 is 10.6 Å². The fourth-order valence-corrected chi connectivity index (χ4v) is 1.94. The normalized spacial score (nSPS) is 20.9. The summed E-state index contributed by atoms with van der Waals surface area (Å²) in [6, 6.07) is 2.45. The fourth-order valence-electron chi connectivity index (χ4n) is 1.94. The number of fused-ring (bicyclic) bond motifs is 1. The summed E-state index contributed by atoms with van der Waals surface area (Å²) >= 11 is 0. The van der Waals surface area contributed by atoms with E-state index in [1.54, 1.807) is 12.4 Å². The molecule has 2 aromatic heterocycles. The van der Waals surface area contributed by atoms with E-state index in [0.29, 0.717) is 6.04 Å². The standard InChI is InChI=1S/C10H13N5/c1-3-11-7-8(1)14-10-9-2-4-13-15(9)6-5-12-10/h2,4-6,8,11H,1,3,7H2,(H,12,14). The van der Waals surface area contributed by atoms with Crippen LogP contribution in [0.4, 0.5) is 5.82 Å². The molecule has 3 rings (SSSR count). The van der Waals surface area contributed by atoms with E-state index in [0.717, 1.165) is 30.8 Å². The summed E-state index contributed by atoms with van der Waals surface area (Å²) < 4.78 is 1.83. The molecule has 0 aromatic carbocycles. The van der Waals surface area contributed by atoms with Gasteiger partial charge in [0.05, 0.1) is 6.20 Å². The highest BCUT2D eigenvalue weighted by Crippen LogP contribution is 2.15. The second-order valence-corrected chi connectivity index (χ2v) is 3.77. The quantitative estimate of drug-likeness (QED) is 0.746.